The fraction of sp³-hybridized carbons (Fsp3) is 0.0667. The van der Waals surface area contributed by atoms with Crippen LogP contribution in [0, 0.1) is 0 Å². The number of benzene rings is 2. The molecule has 0 saturated carbocycles. The van der Waals surface area contributed by atoms with Crippen LogP contribution in [0.15, 0.2) is 42.5 Å². The summed E-state index contributed by atoms with van der Waals surface area (Å²) >= 11 is 5.89. The van der Waals surface area contributed by atoms with Gasteiger partial charge in [-0.05, 0) is 42.5 Å². The van der Waals surface area contributed by atoms with Gasteiger partial charge in [0.2, 0.25) is 5.91 Å². The highest BCUT2D eigenvalue weighted by atomic mass is 35.5. The first-order chi connectivity index (χ1) is 10.0. The molecule has 6 heteroatoms. The Bertz CT molecular complexity index is 684. The predicted molar refractivity (Wildman–Crippen MR) is 80.9 cm³/mol. The molecule has 0 radical (unpaired) electrons. The molecular weight excluding hydrogens is 292 g/mol. The molecule has 2 amide bonds. The molecule has 0 aliphatic rings. The fourth-order valence-corrected chi connectivity index (χ4v) is 1.95. The number of hydrogen-bond donors (Lipinski definition) is 2. The van der Waals surface area contributed by atoms with Crippen molar-refractivity contribution in [3.63, 3.8) is 0 Å². The zero-order chi connectivity index (χ0) is 15.4. The van der Waals surface area contributed by atoms with Crippen LogP contribution in [0.25, 0.3) is 0 Å². The number of anilines is 1. The number of primary amides is 1. The minimum absolute atomic E-state index is 0.323. The zero-order valence-electron chi connectivity index (χ0n) is 11.2. The Balaban J connectivity index is 2.21. The van der Waals surface area contributed by atoms with E-state index in [0.29, 0.717) is 27.6 Å². The number of rotatable bonds is 4. The van der Waals surface area contributed by atoms with E-state index in [1.165, 1.54) is 25.3 Å². The highest BCUT2D eigenvalue weighted by Gasteiger charge is 2.13. The average molecular weight is 305 g/mol. The van der Waals surface area contributed by atoms with Gasteiger partial charge >= 0.3 is 0 Å². The van der Waals surface area contributed by atoms with Crippen LogP contribution in [-0.4, -0.2) is 18.9 Å². The summed E-state index contributed by atoms with van der Waals surface area (Å²) in [5, 5.41) is 3.13. The van der Waals surface area contributed by atoms with Gasteiger partial charge in [-0.2, -0.15) is 0 Å². The third-order valence-corrected chi connectivity index (χ3v) is 3.07. The third-order valence-electron chi connectivity index (χ3n) is 2.83. The maximum atomic E-state index is 12.2. The van der Waals surface area contributed by atoms with Gasteiger partial charge in [-0.1, -0.05) is 11.6 Å². The van der Waals surface area contributed by atoms with Crippen LogP contribution in [-0.2, 0) is 0 Å². The number of methoxy groups -OCH3 is 1. The molecule has 0 heterocycles. The predicted octanol–water partition coefficient (Wildman–Crippen LogP) is 2.70. The summed E-state index contributed by atoms with van der Waals surface area (Å²) in [5.74, 6) is -0.462. The van der Waals surface area contributed by atoms with Crippen molar-refractivity contribution in [2.75, 3.05) is 12.4 Å². The summed E-state index contributed by atoms with van der Waals surface area (Å²) in [6.45, 7) is 0. The summed E-state index contributed by atoms with van der Waals surface area (Å²) in [4.78, 5) is 23.2. The molecule has 5 nitrogen and oxygen atoms in total. The van der Waals surface area contributed by atoms with Gasteiger partial charge in [-0.15, -0.1) is 0 Å². The molecular formula is C15H13ClN2O3. The lowest BCUT2D eigenvalue weighted by Gasteiger charge is -2.10. The topological polar surface area (TPSA) is 81.4 Å². The molecule has 0 atom stereocenters. The monoisotopic (exact) mass is 304 g/mol. The van der Waals surface area contributed by atoms with Crippen molar-refractivity contribution in [2.24, 2.45) is 5.73 Å². The van der Waals surface area contributed by atoms with Gasteiger partial charge in [0.05, 0.1) is 12.7 Å². The summed E-state index contributed by atoms with van der Waals surface area (Å²) in [5.41, 5.74) is 6.38. The Labute approximate surface area is 126 Å². The molecule has 0 spiro atoms. The molecule has 2 aromatic rings. The Morgan fingerprint density at radius 2 is 1.81 bits per heavy atom. The molecule has 0 bridgehead atoms. The lowest BCUT2D eigenvalue weighted by Crippen LogP contribution is -2.14. The van der Waals surface area contributed by atoms with Gasteiger partial charge in [0, 0.05) is 16.3 Å². The maximum absolute atomic E-state index is 12.2. The van der Waals surface area contributed by atoms with Crippen LogP contribution in [0.2, 0.25) is 5.02 Å². The number of carbonyl (C=O) groups is 2. The lowest BCUT2D eigenvalue weighted by molar-refractivity contribution is 0.0998. The molecule has 0 aliphatic carbocycles. The Kier molecular flexibility index (Phi) is 4.45. The lowest BCUT2D eigenvalue weighted by atomic mass is 10.1. The van der Waals surface area contributed by atoms with Crippen LogP contribution < -0.4 is 15.8 Å². The molecule has 108 valence electrons. The Morgan fingerprint density at radius 1 is 1.14 bits per heavy atom. The number of amides is 2. The second-order valence-corrected chi connectivity index (χ2v) is 4.68. The van der Waals surface area contributed by atoms with Crippen LogP contribution in [0.5, 0.6) is 5.75 Å². The Morgan fingerprint density at radius 3 is 2.38 bits per heavy atom. The molecule has 0 aliphatic heterocycles. The van der Waals surface area contributed by atoms with Crippen molar-refractivity contribution >= 4 is 29.1 Å². The largest absolute Gasteiger partial charge is 0.496 e. The van der Waals surface area contributed by atoms with Crippen LogP contribution in [0.1, 0.15) is 20.7 Å². The van der Waals surface area contributed by atoms with Crippen molar-refractivity contribution < 1.29 is 14.3 Å². The Hall–Kier alpha value is -2.53. The summed E-state index contributed by atoms with van der Waals surface area (Å²) in [6, 6.07) is 11.0. The molecule has 0 fully saturated rings. The average Bonchev–Trinajstić information content (AvgIpc) is 2.47. The van der Waals surface area contributed by atoms with Crippen molar-refractivity contribution in [2.45, 2.75) is 0 Å². The van der Waals surface area contributed by atoms with Gasteiger partial charge in [0.1, 0.15) is 5.75 Å². The van der Waals surface area contributed by atoms with Crippen molar-refractivity contribution in [3.05, 3.63) is 58.6 Å². The number of halogens is 1. The number of nitrogens with one attached hydrogen (secondary N) is 1. The number of ether oxygens (including phenoxy) is 1. The molecule has 0 aromatic heterocycles. The fourth-order valence-electron chi connectivity index (χ4n) is 1.77. The summed E-state index contributed by atoms with van der Waals surface area (Å²) in [6.07, 6.45) is 0. The first-order valence-corrected chi connectivity index (χ1v) is 6.44. The summed E-state index contributed by atoms with van der Waals surface area (Å²) < 4.78 is 5.13. The van der Waals surface area contributed by atoms with E-state index in [-0.39, 0.29) is 5.91 Å². The van der Waals surface area contributed by atoms with Crippen molar-refractivity contribution in [3.8, 4) is 5.75 Å². The van der Waals surface area contributed by atoms with E-state index in [2.05, 4.69) is 5.32 Å². The van der Waals surface area contributed by atoms with Crippen LogP contribution in [0.4, 0.5) is 5.69 Å². The summed E-state index contributed by atoms with van der Waals surface area (Å²) in [7, 11) is 1.47. The van der Waals surface area contributed by atoms with Crippen LogP contribution in [0.3, 0.4) is 0 Å². The number of nitrogens with two attached hydrogens (primary N) is 1. The van der Waals surface area contributed by atoms with Crippen molar-refractivity contribution in [1.29, 1.82) is 0 Å². The van der Waals surface area contributed by atoms with E-state index in [9.17, 15) is 9.59 Å². The quantitative estimate of drug-likeness (QED) is 0.911. The van der Waals surface area contributed by atoms with Gasteiger partial charge < -0.3 is 15.8 Å². The standard InChI is InChI=1S/C15H13ClN2O3/c1-21-13-7-4-10(16)8-12(13)15(20)18-11-5-2-9(3-6-11)14(17)19/h2-8H,1H3,(H2,17,19)(H,18,20). The highest BCUT2D eigenvalue weighted by Crippen LogP contribution is 2.23. The van der Waals surface area contributed by atoms with E-state index in [4.69, 9.17) is 22.1 Å². The first kappa shape index (κ1) is 14.9. The van der Waals surface area contributed by atoms with Crippen molar-refractivity contribution in [1.82, 2.24) is 0 Å². The molecule has 21 heavy (non-hydrogen) atoms. The minimum atomic E-state index is -0.524. The normalized spacial score (nSPS) is 10.0. The molecule has 2 rings (SSSR count). The van der Waals surface area contributed by atoms with E-state index < -0.39 is 5.91 Å². The van der Waals surface area contributed by atoms with E-state index in [0.717, 1.165) is 0 Å². The molecule has 0 unspecified atom stereocenters. The second-order valence-electron chi connectivity index (χ2n) is 4.24. The minimum Gasteiger partial charge on any atom is -0.496 e. The van der Waals surface area contributed by atoms with Gasteiger partial charge in [-0.25, -0.2) is 0 Å². The third kappa shape index (κ3) is 3.52. The van der Waals surface area contributed by atoms with Crippen LogP contribution >= 0.6 is 11.6 Å². The molecule has 3 N–H and O–H groups in total. The maximum Gasteiger partial charge on any atom is 0.259 e. The van der Waals surface area contributed by atoms with E-state index in [1.54, 1.807) is 24.3 Å². The van der Waals surface area contributed by atoms with E-state index >= 15 is 0 Å². The zero-order valence-corrected chi connectivity index (χ0v) is 12.0. The number of hydrogen-bond acceptors (Lipinski definition) is 3. The SMILES string of the molecule is COc1ccc(Cl)cc1C(=O)Nc1ccc(C(N)=O)cc1. The van der Waals surface area contributed by atoms with Gasteiger partial charge in [-0.3, -0.25) is 9.59 Å². The van der Waals surface area contributed by atoms with E-state index in [1.807, 2.05) is 0 Å². The second kappa shape index (κ2) is 6.28. The first-order valence-electron chi connectivity index (χ1n) is 6.06. The van der Waals surface area contributed by atoms with Gasteiger partial charge in [0.15, 0.2) is 0 Å². The highest BCUT2D eigenvalue weighted by molar-refractivity contribution is 6.31. The molecule has 0 saturated heterocycles. The van der Waals surface area contributed by atoms with Gasteiger partial charge in [0.25, 0.3) is 5.91 Å². The smallest absolute Gasteiger partial charge is 0.259 e. The molecule has 2 aromatic carbocycles. The number of carbonyl (C=O) groups excluding carboxylic acids is 2.